The van der Waals surface area contributed by atoms with E-state index in [0.717, 1.165) is 12.8 Å². The second kappa shape index (κ2) is 26.4. The average Bonchev–Trinajstić information content (AvgIpc) is 3.61. The zero-order valence-electron chi connectivity index (χ0n) is 21.7. The molecule has 5 rings (SSSR count). The molecule has 0 saturated heterocycles. The van der Waals surface area contributed by atoms with Crippen LogP contribution in [-0.4, -0.2) is 7.63 Å². The van der Waals surface area contributed by atoms with E-state index in [9.17, 15) is 0 Å². The van der Waals surface area contributed by atoms with Gasteiger partial charge in [0.2, 0.25) is 0 Å². The van der Waals surface area contributed by atoms with Gasteiger partial charge in [-0.25, -0.2) is 0 Å². The van der Waals surface area contributed by atoms with Crippen LogP contribution in [0.2, 0.25) is 0 Å². The van der Waals surface area contributed by atoms with Gasteiger partial charge in [0, 0.05) is 0 Å². The first-order chi connectivity index (χ1) is 16.8. The largest absolute Gasteiger partial charge is 0.184 e. The van der Waals surface area contributed by atoms with Crippen LogP contribution in [0.4, 0.5) is 0 Å². The Morgan fingerprint density at radius 2 is 1.03 bits per heavy atom. The summed E-state index contributed by atoms with van der Waals surface area (Å²) in [7, 11) is 2.97. The standard InChI is InChI=1S/2C9H7.C6H5.2C4H9.CH3.Si.Ti/c2*1-2-5-9-7-3-6-8(9)4-1;1-2-4-6-5-3-1;2*1-3-4-2;;;/h2*1-7H;1-5H;2*1,3-4H2,2H3;1H3;;/q6*-1;;. The molecule has 186 valence electrons. The van der Waals surface area contributed by atoms with Gasteiger partial charge in [-0.3, -0.25) is 0 Å². The molecule has 0 aliphatic carbocycles. The van der Waals surface area contributed by atoms with Crippen molar-refractivity contribution in [2.75, 3.05) is 0 Å². The Hall–Kier alpha value is -2.19. The number of hydrogen-bond donors (Lipinski definition) is 0. The van der Waals surface area contributed by atoms with E-state index in [1.807, 2.05) is 30.3 Å². The molecule has 0 aromatic heterocycles. The van der Waals surface area contributed by atoms with Crippen LogP contribution in [0.5, 0.6) is 0 Å². The molecule has 0 amide bonds. The fourth-order valence-electron chi connectivity index (χ4n) is 2.48. The van der Waals surface area contributed by atoms with Crippen LogP contribution in [0.3, 0.4) is 0 Å². The van der Waals surface area contributed by atoms with E-state index in [1.54, 1.807) is 19.2 Å². The van der Waals surface area contributed by atoms with E-state index in [1.165, 1.54) is 34.4 Å². The van der Waals surface area contributed by atoms with Crippen molar-refractivity contribution in [3.05, 3.63) is 143 Å². The number of benzene rings is 3. The van der Waals surface area contributed by atoms with Crippen LogP contribution in [0.1, 0.15) is 39.5 Å². The Balaban J connectivity index is 0. The average molecular weight is 513 g/mol. The Morgan fingerprint density at radius 3 is 1.29 bits per heavy atom. The van der Waals surface area contributed by atoms with Crippen molar-refractivity contribution in [3.8, 4) is 0 Å². The molecule has 2 radical (unpaired) electrons. The molecule has 0 fully saturated rings. The maximum atomic E-state index is 3.60. The first-order valence-corrected chi connectivity index (χ1v) is 14.6. The van der Waals surface area contributed by atoms with Crippen LogP contribution in [0, 0.1) is 27.3 Å². The topological polar surface area (TPSA) is 0 Å². The molecule has 0 unspecified atom stereocenters. The maximum Gasteiger partial charge on any atom is -0.0809 e. The summed E-state index contributed by atoms with van der Waals surface area (Å²) < 4.78 is 0. The van der Waals surface area contributed by atoms with E-state index in [-0.39, 0.29) is 7.43 Å². The van der Waals surface area contributed by atoms with Gasteiger partial charge in [0.25, 0.3) is 0 Å². The second-order valence-electron chi connectivity index (χ2n) is 7.09. The summed E-state index contributed by atoms with van der Waals surface area (Å²) in [4.78, 5) is 0. The Kier molecular flexibility index (Phi) is 26.4. The first kappa shape index (κ1) is 35.0. The van der Waals surface area contributed by atoms with Gasteiger partial charge in [-0.15, -0.1) is 59.3 Å². The zero-order chi connectivity index (χ0) is 25.3. The molecule has 0 aliphatic rings. The fourth-order valence-corrected chi connectivity index (χ4v) is 2.48. The van der Waals surface area contributed by atoms with Crippen LogP contribution in [-0.2, 0) is 19.2 Å². The number of fused-ring (bicyclic) bond motifs is 2. The predicted molar refractivity (Wildman–Crippen MR) is 157 cm³/mol. The van der Waals surface area contributed by atoms with E-state index < -0.39 is 0 Å². The summed E-state index contributed by atoms with van der Waals surface area (Å²) in [5.41, 5.74) is 0. The van der Waals surface area contributed by atoms with Crippen molar-refractivity contribution >= 4 is 29.2 Å². The van der Waals surface area contributed by atoms with E-state index in [2.05, 4.69) is 126 Å². The molecule has 35 heavy (non-hydrogen) atoms. The van der Waals surface area contributed by atoms with Gasteiger partial charge in [0.15, 0.2) is 0 Å². The minimum Gasteiger partial charge on any atom is -0.184 e. The summed E-state index contributed by atoms with van der Waals surface area (Å²) in [6.45, 7) is 11.4. The van der Waals surface area contributed by atoms with Gasteiger partial charge in [-0.2, -0.15) is 84.3 Å². The molecule has 0 spiro atoms. The smallest absolute Gasteiger partial charge is 0.0809 e. The van der Waals surface area contributed by atoms with Crippen molar-refractivity contribution in [1.82, 2.24) is 0 Å². The summed E-state index contributed by atoms with van der Waals surface area (Å²) in [6, 6.07) is 41.8. The van der Waals surface area contributed by atoms with Crippen LogP contribution in [0.25, 0.3) is 21.5 Å². The van der Waals surface area contributed by atoms with Crippen molar-refractivity contribution in [3.63, 3.8) is 0 Å². The fraction of sp³-hybridized carbons (Fsp3) is 0.182. The van der Waals surface area contributed by atoms with Gasteiger partial charge in [-0.1, -0.05) is 38.8 Å². The maximum absolute atomic E-state index is 3.60. The summed E-state index contributed by atoms with van der Waals surface area (Å²) in [6.07, 6.45) is 4.56. The molecule has 5 aromatic rings. The van der Waals surface area contributed by atoms with Crippen molar-refractivity contribution in [2.45, 2.75) is 39.5 Å². The second-order valence-corrected chi connectivity index (χ2v) is 7.09. The van der Waals surface area contributed by atoms with Crippen LogP contribution >= 0.6 is 0 Å². The molecule has 0 heterocycles. The zero-order valence-corrected chi connectivity index (χ0v) is 24.3. The minimum absolute atomic E-state index is 0. The minimum atomic E-state index is 0. The quantitative estimate of drug-likeness (QED) is 0.163. The molecular formula is C33H40SiTi-6. The Morgan fingerprint density at radius 1 is 0.657 bits per heavy atom. The molecule has 0 bridgehead atoms. The van der Waals surface area contributed by atoms with Crippen LogP contribution in [0.15, 0.2) is 115 Å². The summed E-state index contributed by atoms with van der Waals surface area (Å²) in [5.74, 6) is 0. The molecule has 5 aromatic carbocycles. The van der Waals surface area contributed by atoms with Gasteiger partial charge in [-0.05, 0) is 0 Å². The van der Waals surface area contributed by atoms with Gasteiger partial charge in [0.1, 0.15) is 0 Å². The molecular weight excluding hydrogens is 472 g/mol. The third-order valence-electron chi connectivity index (χ3n) is 4.41. The van der Waals surface area contributed by atoms with E-state index in [0.29, 0.717) is 0 Å². The number of hydrogen-bond acceptors (Lipinski definition) is 0. The van der Waals surface area contributed by atoms with Crippen molar-refractivity contribution in [2.24, 2.45) is 0 Å². The molecule has 0 N–H and O–H groups in total. The SMILES string of the molecule is [CH2-]CCC.[CH2-]CCC.[CH3-].[Si]=[Ti].[c-]1ccccc1.c1ccc2[cH-]ccc2c1.c1ccc2[cH-]ccc2c1. The molecule has 0 saturated carbocycles. The molecule has 0 aliphatic heterocycles. The number of rotatable bonds is 2. The van der Waals surface area contributed by atoms with E-state index in [4.69, 9.17) is 0 Å². The Labute approximate surface area is 229 Å². The monoisotopic (exact) mass is 512 g/mol. The van der Waals surface area contributed by atoms with E-state index >= 15 is 0 Å². The third-order valence-corrected chi connectivity index (χ3v) is 4.41. The van der Waals surface area contributed by atoms with Gasteiger partial charge in [0.05, 0.1) is 0 Å². The summed E-state index contributed by atoms with van der Waals surface area (Å²) >= 11 is 1.81. The molecule has 0 atom stereocenters. The van der Waals surface area contributed by atoms with Gasteiger partial charge >= 0.3 is 26.8 Å². The first-order valence-electron chi connectivity index (χ1n) is 11.7. The van der Waals surface area contributed by atoms with Crippen molar-refractivity contribution < 1.29 is 19.2 Å². The molecule has 0 nitrogen and oxygen atoms in total. The third kappa shape index (κ3) is 17.8. The normalized spacial score (nSPS) is 8.43. The predicted octanol–water partition coefficient (Wildman–Crippen LogP) is 9.91. The van der Waals surface area contributed by atoms with Crippen LogP contribution < -0.4 is 0 Å². The Bertz CT molecular complexity index is 885. The summed E-state index contributed by atoms with van der Waals surface area (Å²) in [5, 5.41) is 5.32. The number of unbranched alkanes of at least 4 members (excludes halogenated alkanes) is 2. The van der Waals surface area contributed by atoms with Gasteiger partial charge < -0.3 is 21.3 Å². The molecule has 2 heteroatoms. The van der Waals surface area contributed by atoms with Crippen molar-refractivity contribution in [1.29, 1.82) is 0 Å².